The number of morpholine rings is 2. The van der Waals surface area contributed by atoms with Gasteiger partial charge in [-0.05, 0) is 32.9 Å². The molecule has 0 radical (unpaired) electrons. The first-order valence-corrected chi connectivity index (χ1v) is 12.4. The molecular weight excluding hydrogens is 444 g/mol. The first-order chi connectivity index (χ1) is 17.0. The molecule has 0 aliphatic carbocycles. The van der Waals surface area contributed by atoms with Gasteiger partial charge in [0.1, 0.15) is 11.6 Å². The van der Waals surface area contributed by atoms with Crippen molar-refractivity contribution in [3.8, 4) is 5.95 Å². The van der Waals surface area contributed by atoms with Gasteiger partial charge in [-0.1, -0.05) is 12.1 Å². The number of hydrogen-bond donors (Lipinski definition) is 0. The Morgan fingerprint density at radius 3 is 2.49 bits per heavy atom. The van der Waals surface area contributed by atoms with Crippen molar-refractivity contribution in [2.24, 2.45) is 7.05 Å². The van der Waals surface area contributed by atoms with E-state index in [4.69, 9.17) is 29.4 Å². The molecule has 1 aromatic carbocycles. The first-order valence-electron chi connectivity index (χ1n) is 12.4. The van der Waals surface area contributed by atoms with Crippen molar-refractivity contribution >= 4 is 28.0 Å². The van der Waals surface area contributed by atoms with E-state index < -0.39 is 0 Å². The van der Waals surface area contributed by atoms with Gasteiger partial charge in [0.05, 0.1) is 43.0 Å². The second-order valence-corrected chi connectivity index (χ2v) is 9.64. The van der Waals surface area contributed by atoms with E-state index in [1.54, 1.807) is 0 Å². The van der Waals surface area contributed by atoms with Gasteiger partial charge in [0.2, 0.25) is 5.95 Å². The van der Waals surface area contributed by atoms with Crippen LogP contribution in [0.15, 0.2) is 24.3 Å². The summed E-state index contributed by atoms with van der Waals surface area (Å²) < 4.78 is 15.7. The van der Waals surface area contributed by atoms with Crippen molar-refractivity contribution in [2.45, 2.75) is 39.5 Å². The maximum atomic E-state index is 5.93. The van der Waals surface area contributed by atoms with Crippen LogP contribution >= 0.6 is 0 Å². The maximum absolute atomic E-state index is 5.93. The van der Waals surface area contributed by atoms with E-state index in [9.17, 15) is 0 Å². The summed E-state index contributed by atoms with van der Waals surface area (Å²) in [5.41, 5.74) is 3.60. The highest BCUT2D eigenvalue weighted by molar-refractivity contribution is 5.86. The number of rotatable bonds is 4. The normalized spacial score (nSPS) is 21.9. The first kappa shape index (κ1) is 22.4. The minimum absolute atomic E-state index is 0.209. The standard InChI is InChI=1S/C25H32N8O2/c1-16-13-31(14-17(2)35-16)15-21-27-22-23(30(21)4)28-25(29-24(22)32-9-11-34-12-10-32)33-18(3)26-19-7-5-6-8-20(19)33/h5-8,16-17H,9-15H2,1-4H3. The number of fused-ring (bicyclic) bond motifs is 2. The topological polar surface area (TPSA) is 86.4 Å². The minimum atomic E-state index is 0.209. The van der Waals surface area contributed by atoms with Gasteiger partial charge in [-0.2, -0.15) is 9.97 Å². The van der Waals surface area contributed by atoms with Crippen LogP contribution in [0.5, 0.6) is 0 Å². The molecule has 5 heterocycles. The number of aryl methyl sites for hydroxylation is 2. The van der Waals surface area contributed by atoms with Crippen molar-refractivity contribution in [1.29, 1.82) is 0 Å². The van der Waals surface area contributed by atoms with E-state index in [1.807, 2.05) is 29.7 Å². The number of imidazole rings is 2. The molecule has 0 bridgehead atoms. The Hall–Kier alpha value is -3.08. The van der Waals surface area contributed by atoms with Crippen molar-refractivity contribution in [3.05, 3.63) is 35.9 Å². The third-order valence-corrected chi connectivity index (χ3v) is 6.88. The van der Waals surface area contributed by atoms with Gasteiger partial charge >= 0.3 is 0 Å². The van der Waals surface area contributed by atoms with E-state index in [0.717, 1.165) is 72.4 Å². The van der Waals surface area contributed by atoms with Gasteiger partial charge in [0.25, 0.3) is 0 Å². The molecule has 2 aliphatic rings. The van der Waals surface area contributed by atoms with Crippen molar-refractivity contribution in [2.75, 3.05) is 44.3 Å². The lowest BCUT2D eigenvalue weighted by molar-refractivity contribution is -0.0712. The molecule has 2 saturated heterocycles. The van der Waals surface area contributed by atoms with E-state index in [2.05, 4.69) is 41.3 Å². The number of nitrogens with zero attached hydrogens (tertiary/aromatic N) is 8. The average molecular weight is 477 g/mol. The molecule has 4 aromatic rings. The summed E-state index contributed by atoms with van der Waals surface area (Å²) in [5, 5.41) is 0. The summed E-state index contributed by atoms with van der Waals surface area (Å²) in [6.07, 6.45) is 0.419. The fourth-order valence-corrected chi connectivity index (χ4v) is 5.33. The van der Waals surface area contributed by atoms with Crippen molar-refractivity contribution in [3.63, 3.8) is 0 Å². The zero-order valence-electron chi connectivity index (χ0n) is 20.8. The average Bonchev–Trinajstić information content (AvgIpc) is 3.34. The van der Waals surface area contributed by atoms with E-state index in [1.165, 1.54) is 0 Å². The number of aromatic nitrogens is 6. The van der Waals surface area contributed by atoms with Crippen LogP contribution in [0, 0.1) is 6.92 Å². The molecule has 35 heavy (non-hydrogen) atoms. The SMILES string of the molecule is Cc1nc2ccccc2n1-c1nc(N2CCOCC2)c2nc(CN3CC(C)OC(C)C3)n(C)c2n1. The summed E-state index contributed by atoms with van der Waals surface area (Å²) in [5.74, 6) is 3.32. The summed E-state index contributed by atoms with van der Waals surface area (Å²) >= 11 is 0. The molecule has 184 valence electrons. The zero-order chi connectivity index (χ0) is 24.1. The predicted molar refractivity (Wildman–Crippen MR) is 134 cm³/mol. The van der Waals surface area contributed by atoms with E-state index >= 15 is 0 Å². The number of ether oxygens (including phenoxy) is 2. The van der Waals surface area contributed by atoms with Crippen molar-refractivity contribution < 1.29 is 9.47 Å². The lowest BCUT2D eigenvalue weighted by atomic mass is 10.2. The van der Waals surface area contributed by atoms with Gasteiger partial charge in [-0.3, -0.25) is 9.47 Å². The molecule has 0 N–H and O–H groups in total. The van der Waals surface area contributed by atoms with Gasteiger partial charge in [-0.15, -0.1) is 0 Å². The van der Waals surface area contributed by atoms with Crippen LogP contribution in [0.1, 0.15) is 25.5 Å². The van der Waals surface area contributed by atoms with Crippen LogP contribution in [0.25, 0.3) is 28.1 Å². The van der Waals surface area contributed by atoms with Crippen LogP contribution in [-0.2, 0) is 23.1 Å². The van der Waals surface area contributed by atoms with Crippen LogP contribution in [0.3, 0.4) is 0 Å². The number of benzene rings is 1. The molecule has 6 rings (SSSR count). The summed E-state index contributed by atoms with van der Waals surface area (Å²) in [4.78, 5) is 24.6. The Bertz CT molecular complexity index is 1360. The molecule has 0 spiro atoms. The molecule has 2 aliphatic heterocycles. The lowest BCUT2D eigenvalue weighted by Crippen LogP contribution is -2.45. The molecule has 2 fully saturated rings. The molecule has 3 aromatic heterocycles. The highest BCUT2D eigenvalue weighted by Crippen LogP contribution is 2.28. The number of anilines is 1. The van der Waals surface area contributed by atoms with E-state index in [0.29, 0.717) is 19.2 Å². The summed E-state index contributed by atoms with van der Waals surface area (Å²) in [6.45, 7) is 11.7. The van der Waals surface area contributed by atoms with Crippen LogP contribution in [0.2, 0.25) is 0 Å². The fourth-order valence-electron chi connectivity index (χ4n) is 5.33. The van der Waals surface area contributed by atoms with Gasteiger partial charge in [-0.25, -0.2) is 9.97 Å². The third kappa shape index (κ3) is 4.05. The van der Waals surface area contributed by atoms with Gasteiger partial charge < -0.3 is 18.9 Å². The smallest absolute Gasteiger partial charge is 0.239 e. The predicted octanol–water partition coefficient (Wildman–Crippen LogP) is 2.46. The summed E-state index contributed by atoms with van der Waals surface area (Å²) in [6, 6.07) is 8.11. The Labute approximate surface area is 204 Å². The Morgan fingerprint density at radius 1 is 0.971 bits per heavy atom. The lowest BCUT2D eigenvalue weighted by Gasteiger charge is -2.34. The zero-order valence-corrected chi connectivity index (χ0v) is 20.8. The Morgan fingerprint density at radius 2 is 1.71 bits per heavy atom. The van der Waals surface area contributed by atoms with Crippen LogP contribution in [-0.4, -0.2) is 85.6 Å². The van der Waals surface area contributed by atoms with Crippen LogP contribution in [0.4, 0.5) is 5.82 Å². The third-order valence-electron chi connectivity index (χ3n) is 6.88. The molecule has 0 amide bonds. The molecule has 10 nitrogen and oxygen atoms in total. The fraction of sp³-hybridized carbons (Fsp3) is 0.520. The molecule has 2 unspecified atom stereocenters. The Kier molecular flexibility index (Phi) is 5.66. The number of hydrogen-bond acceptors (Lipinski definition) is 8. The Balaban J connectivity index is 1.49. The second-order valence-electron chi connectivity index (χ2n) is 9.64. The summed E-state index contributed by atoms with van der Waals surface area (Å²) in [7, 11) is 2.05. The second kappa shape index (κ2) is 8.85. The molecule has 10 heteroatoms. The molecule has 0 saturated carbocycles. The van der Waals surface area contributed by atoms with E-state index in [-0.39, 0.29) is 12.2 Å². The van der Waals surface area contributed by atoms with Crippen molar-refractivity contribution in [1.82, 2.24) is 34.0 Å². The highest BCUT2D eigenvalue weighted by atomic mass is 16.5. The van der Waals surface area contributed by atoms with Crippen LogP contribution < -0.4 is 4.90 Å². The molecule has 2 atom stereocenters. The maximum Gasteiger partial charge on any atom is 0.239 e. The highest BCUT2D eigenvalue weighted by Gasteiger charge is 2.27. The van der Waals surface area contributed by atoms with Gasteiger partial charge in [0.15, 0.2) is 17.0 Å². The molecular formula is C25H32N8O2. The monoisotopic (exact) mass is 476 g/mol. The largest absolute Gasteiger partial charge is 0.378 e. The number of para-hydroxylation sites is 2. The van der Waals surface area contributed by atoms with Gasteiger partial charge in [0, 0.05) is 33.2 Å². The quantitative estimate of drug-likeness (QED) is 0.444. The minimum Gasteiger partial charge on any atom is -0.378 e.